The van der Waals surface area contributed by atoms with E-state index in [2.05, 4.69) is 10.1 Å². The summed E-state index contributed by atoms with van der Waals surface area (Å²) in [4.78, 5) is 0. The van der Waals surface area contributed by atoms with Crippen LogP contribution in [0.5, 0.6) is 5.75 Å². The van der Waals surface area contributed by atoms with Gasteiger partial charge in [-0.05, 0) is 36.2 Å². The number of halogens is 4. The Morgan fingerprint density at radius 2 is 1.81 bits per heavy atom. The summed E-state index contributed by atoms with van der Waals surface area (Å²) in [6.45, 7) is 1.89. The Morgan fingerprint density at radius 3 is 2.48 bits per heavy atom. The molecule has 2 aromatic rings. The Bertz CT molecular complexity index is 625. The van der Waals surface area contributed by atoms with E-state index in [0.29, 0.717) is 5.56 Å². The van der Waals surface area contributed by atoms with Crippen LogP contribution in [0, 0.1) is 12.7 Å². The molecule has 0 aromatic heterocycles. The minimum atomic E-state index is -4.75. The molecule has 112 valence electrons. The molecule has 2 nitrogen and oxygen atoms in total. The van der Waals surface area contributed by atoms with E-state index in [1.54, 1.807) is 25.1 Å². The lowest BCUT2D eigenvalue weighted by molar-refractivity contribution is -0.274. The molecule has 0 unspecified atom stereocenters. The second-order valence-corrected chi connectivity index (χ2v) is 4.48. The van der Waals surface area contributed by atoms with Crippen molar-refractivity contribution in [3.8, 4) is 5.75 Å². The number of hydrogen-bond acceptors (Lipinski definition) is 2. The zero-order valence-corrected chi connectivity index (χ0v) is 11.2. The lowest BCUT2D eigenvalue weighted by atomic mass is 10.1. The second-order valence-electron chi connectivity index (χ2n) is 4.48. The first-order valence-electron chi connectivity index (χ1n) is 6.19. The molecule has 0 fully saturated rings. The molecule has 0 saturated carbocycles. The molecule has 0 aliphatic heterocycles. The molecular weight excluding hydrogens is 286 g/mol. The number of ether oxygens (including phenoxy) is 1. The fraction of sp³-hybridized carbons (Fsp3) is 0.200. The molecule has 2 rings (SSSR count). The van der Waals surface area contributed by atoms with Crippen molar-refractivity contribution in [1.29, 1.82) is 0 Å². The summed E-state index contributed by atoms with van der Waals surface area (Å²) in [6, 6.07) is 10.3. The minimum absolute atomic E-state index is 0.219. The molecule has 2 aromatic carbocycles. The highest BCUT2D eigenvalue weighted by Crippen LogP contribution is 2.30. The van der Waals surface area contributed by atoms with Crippen LogP contribution in [0.1, 0.15) is 11.1 Å². The van der Waals surface area contributed by atoms with Gasteiger partial charge in [0.25, 0.3) is 0 Å². The Kier molecular flexibility index (Phi) is 4.35. The van der Waals surface area contributed by atoms with Crippen LogP contribution in [0.2, 0.25) is 0 Å². The van der Waals surface area contributed by atoms with Crippen LogP contribution < -0.4 is 10.1 Å². The van der Waals surface area contributed by atoms with Crippen molar-refractivity contribution in [3.63, 3.8) is 0 Å². The highest BCUT2D eigenvalue weighted by atomic mass is 19.4. The summed E-state index contributed by atoms with van der Waals surface area (Å²) in [5.41, 5.74) is 1.46. The minimum Gasteiger partial charge on any atom is -0.404 e. The van der Waals surface area contributed by atoms with Crippen LogP contribution >= 0.6 is 0 Å². The van der Waals surface area contributed by atoms with E-state index in [4.69, 9.17) is 0 Å². The van der Waals surface area contributed by atoms with E-state index >= 15 is 0 Å². The Morgan fingerprint density at radius 1 is 1.10 bits per heavy atom. The summed E-state index contributed by atoms with van der Waals surface area (Å²) in [5, 5.41) is 2.85. The van der Waals surface area contributed by atoms with E-state index in [0.717, 1.165) is 5.56 Å². The Labute approximate surface area is 119 Å². The monoisotopic (exact) mass is 299 g/mol. The number of para-hydroxylation sites is 2. The molecule has 6 heteroatoms. The summed E-state index contributed by atoms with van der Waals surface area (Å²) >= 11 is 0. The number of alkyl halides is 3. The zero-order valence-electron chi connectivity index (χ0n) is 11.2. The molecule has 21 heavy (non-hydrogen) atoms. The SMILES string of the molecule is Cc1cc(CNc2ccccc2OC(F)(F)F)ccc1F. The van der Waals surface area contributed by atoms with Gasteiger partial charge < -0.3 is 10.1 Å². The van der Waals surface area contributed by atoms with Crippen molar-refractivity contribution in [2.24, 2.45) is 0 Å². The van der Waals surface area contributed by atoms with Crippen LogP contribution in [-0.2, 0) is 6.54 Å². The van der Waals surface area contributed by atoms with Crippen LogP contribution in [0.25, 0.3) is 0 Å². The van der Waals surface area contributed by atoms with Gasteiger partial charge in [0.05, 0.1) is 5.69 Å². The predicted molar refractivity (Wildman–Crippen MR) is 71.6 cm³/mol. The van der Waals surface area contributed by atoms with E-state index in [1.165, 1.54) is 24.3 Å². The summed E-state index contributed by atoms with van der Waals surface area (Å²) < 4.78 is 54.0. The van der Waals surface area contributed by atoms with Crippen molar-refractivity contribution in [3.05, 3.63) is 59.4 Å². The van der Waals surface area contributed by atoms with Crippen molar-refractivity contribution in [1.82, 2.24) is 0 Å². The maximum atomic E-state index is 13.1. The molecule has 0 bridgehead atoms. The summed E-state index contributed by atoms with van der Waals surface area (Å²) in [5.74, 6) is -0.622. The molecule has 1 N–H and O–H groups in total. The van der Waals surface area contributed by atoms with Crippen molar-refractivity contribution >= 4 is 5.69 Å². The average molecular weight is 299 g/mol. The highest BCUT2D eigenvalue weighted by Gasteiger charge is 2.32. The van der Waals surface area contributed by atoms with E-state index in [9.17, 15) is 17.6 Å². The number of benzene rings is 2. The molecule has 0 heterocycles. The molecule has 0 atom stereocenters. The molecule has 0 amide bonds. The topological polar surface area (TPSA) is 21.3 Å². The highest BCUT2D eigenvalue weighted by molar-refractivity contribution is 5.56. The van der Waals surface area contributed by atoms with Gasteiger partial charge in [-0.3, -0.25) is 0 Å². The smallest absolute Gasteiger partial charge is 0.404 e. The molecular formula is C15H13F4NO. The maximum absolute atomic E-state index is 13.1. The summed E-state index contributed by atoms with van der Waals surface area (Å²) in [7, 11) is 0. The number of aryl methyl sites for hydroxylation is 1. The van der Waals surface area contributed by atoms with Gasteiger partial charge in [0.2, 0.25) is 0 Å². The Balaban J connectivity index is 2.11. The van der Waals surface area contributed by atoms with Crippen LogP contribution in [0.15, 0.2) is 42.5 Å². The number of hydrogen-bond donors (Lipinski definition) is 1. The lowest BCUT2D eigenvalue weighted by Crippen LogP contribution is -2.18. The van der Waals surface area contributed by atoms with Gasteiger partial charge in [-0.25, -0.2) is 4.39 Å². The van der Waals surface area contributed by atoms with E-state index < -0.39 is 6.36 Å². The van der Waals surface area contributed by atoms with Crippen molar-refractivity contribution in [2.45, 2.75) is 19.8 Å². The van der Waals surface area contributed by atoms with Crippen molar-refractivity contribution in [2.75, 3.05) is 5.32 Å². The summed E-state index contributed by atoms with van der Waals surface area (Å²) in [6.07, 6.45) is -4.75. The van der Waals surface area contributed by atoms with Gasteiger partial charge >= 0.3 is 6.36 Å². The van der Waals surface area contributed by atoms with Gasteiger partial charge in [-0.1, -0.05) is 24.3 Å². The van der Waals surface area contributed by atoms with Crippen LogP contribution in [0.4, 0.5) is 23.2 Å². The van der Waals surface area contributed by atoms with E-state index in [1.807, 2.05) is 0 Å². The first-order valence-corrected chi connectivity index (χ1v) is 6.19. The standard InChI is InChI=1S/C15H13F4NO/c1-10-8-11(6-7-12(10)16)9-20-13-4-2-3-5-14(13)21-15(17,18)19/h2-8,20H,9H2,1H3. The number of rotatable bonds is 4. The zero-order chi connectivity index (χ0) is 15.5. The van der Waals surface area contributed by atoms with E-state index in [-0.39, 0.29) is 23.8 Å². The van der Waals surface area contributed by atoms with Gasteiger partial charge in [0, 0.05) is 6.54 Å². The third-order valence-electron chi connectivity index (χ3n) is 2.82. The first-order chi connectivity index (χ1) is 9.85. The first kappa shape index (κ1) is 15.2. The molecule has 0 aliphatic rings. The van der Waals surface area contributed by atoms with Crippen molar-refractivity contribution < 1.29 is 22.3 Å². The van der Waals surface area contributed by atoms with Gasteiger partial charge in [0.1, 0.15) is 5.82 Å². The molecule has 0 spiro atoms. The molecule has 0 aliphatic carbocycles. The van der Waals surface area contributed by atoms with Gasteiger partial charge in [-0.2, -0.15) is 0 Å². The largest absolute Gasteiger partial charge is 0.573 e. The average Bonchev–Trinajstić information content (AvgIpc) is 2.40. The number of nitrogens with one attached hydrogen (secondary N) is 1. The third kappa shape index (κ3) is 4.37. The quantitative estimate of drug-likeness (QED) is 0.830. The fourth-order valence-electron chi connectivity index (χ4n) is 1.84. The third-order valence-corrected chi connectivity index (χ3v) is 2.82. The lowest BCUT2D eigenvalue weighted by Gasteiger charge is -2.14. The Hall–Kier alpha value is -2.24. The maximum Gasteiger partial charge on any atom is 0.573 e. The second kappa shape index (κ2) is 6.03. The molecule has 0 saturated heterocycles. The normalized spacial score (nSPS) is 11.3. The molecule has 0 radical (unpaired) electrons. The number of anilines is 1. The predicted octanol–water partition coefficient (Wildman–Crippen LogP) is 4.64. The van der Waals surface area contributed by atoms with Crippen LogP contribution in [0.3, 0.4) is 0 Å². The van der Waals surface area contributed by atoms with Gasteiger partial charge in [-0.15, -0.1) is 13.2 Å². The van der Waals surface area contributed by atoms with Gasteiger partial charge in [0.15, 0.2) is 5.75 Å². The van der Waals surface area contributed by atoms with Crippen LogP contribution in [-0.4, -0.2) is 6.36 Å². The fourth-order valence-corrected chi connectivity index (χ4v) is 1.84.